The maximum absolute atomic E-state index is 14.0. The zero-order chi connectivity index (χ0) is 18.4. The molecule has 1 aromatic heterocycles. The van der Waals surface area contributed by atoms with Crippen LogP contribution in [0.15, 0.2) is 30.3 Å². The Labute approximate surface area is 144 Å². The Bertz CT molecular complexity index is 795. The summed E-state index contributed by atoms with van der Waals surface area (Å²) in [6.07, 6.45) is 0. The van der Waals surface area contributed by atoms with E-state index < -0.39 is 24.3 Å². The first-order valence-corrected chi connectivity index (χ1v) is 7.40. The molecule has 0 spiro atoms. The molecule has 0 aliphatic rings. The van der Waals surface area contributed by atoms with Crippen LogP contribution in [0.2, 0.25) is 0 Å². The molecule has 1 heterocycles. The van der Waals surface area contributed by atoms with Gasteiger partial charge in [-0.25, -0.2) is 19.6 Å². The van der Waals surface area contributed by atoms with Crippen molar-refractivity contribution in [2.45, 2.75) is 13.8 Å². The highest BCUT2D eigenvalue weighted by atomic mass is 19.1. The van der Waals surface area contributed by atoms with Crippen LogP contribution in [0.3, 0.4) is 0 Å². The van der Waals surface area contributed by atoms with Crippen LogP contribution in [0.5, 0.6) is 0 Å². The third kappa shape index (κ3) is 4.98. The number of hydroxylamine groups is 1. The third-order valence-corrected chi connectivity index (χ3v) is 3.24. The van der Waals surface area contributed by atoms with Crippen molar-refractivity contribution < 1.29 is 23.6 Å². The number of amides is 1. The molecule has 0 saturated carbocycles. The average Bonchev–Trinajstić information content (AvgIpc) is 2.57. The second-order valence-electron chi connectivity index (χ2n) is 5.25. The Hall–Kier alpha value is -3.00. The predicted octanol–water partition coefficient (Wildman–Crippen LogP) is 2.42. The van der Waals surface area contributed by atoms with Gasteiger partial charge in [-0.2, -0.15) is 0 Å². The summed E-state index contributed by atoms with van der Waals surface area (Å²) in [4.78, 5) is 32.2. The quantitative estimate of drug-likeness (QED) is 0.616. The number of aryl methyl sites for hydroxylation is 2. The highest BCUT2D eigenvalue weighted by Gasteiger charge is 2.15. The Morgan fingerprint density at radius 3 is 2.64 bits per heavy atom. The highest BCUT2D eigenvalue weighted by molar-refractivity contribution is 5.98. The molecule has 0 radical (unpaired) electrons. The van der Waals surface area contributed by atoms with Gasteiger partial charge in [0.2, 0.25) is 0 Å². The number of hydrogen-bond acceptors (Lipinski definition) is 6. The number of carbonyl (C=O) groups excluding carboxylic acids is 2. The van der Waals surface area contributed by atoms with Gasteiger partial charge < -0.3 is 10.1 Å². The molecule has 8 heteroatoms. The van der Waals surface area contributed by atoms with Crippen LogP contribution in [0.1, 0.15) is 21.6 Å². The maximum atomic E-state index is 14.0. The second-order valence-corrected chi connectivity index (χ2v) is 5.25. The van der Waals surface area contributed by atoms with Crippen LogP contribution in [0, 0.1) is 19.7 Å². The minimum atomic E-state index is -0.637. The number of benzene rings is 1. The van der Waals surface area contributed by atoms with Gasteiger partial charge in [-0.05, 0) is 43.7 Å². The summed E-state index contributed by atoms with van der Waals surface area (Å²) in [5, 5.41) is 2.81. The smallest absolute Gasteiger partial charge is 0.334 e. The Kier molecular flexibility index (Phi) is 6.02. The minimum absolute atomic E-state index is 0.135. The number of halogens is 1. The fourth-order valence-corrected chi connectivity index (χ4v) is 1.96. The number of anilines is 2. The average molecular weight is 347 g/mol. The maximum Gasteiger partial charge on any atom is 0.334 e. The summed E-state index contributed by atoms with van der Waals surface area (Å²) in [6, 6.07) is 7.82. The SMILES string of the molecule is COC(=O)CONC(=O)c1ccc(C)nc1Nc1ccc(C)cc1F. The summed E-state index contributed by atoms with van der Waals surface area (Å²) in [6.45, 7) is 3.08. The molecule has 0 bridgehead atoms. The van der Waals surface area contributed by atoms with E-state index in [9.17, 15) is 14.0 Å². The molecule has 25 heavy (non-hydrogen) atoms. The van der Waals surface area contributed by atoms with Gasteiger partial charge in [0.25, 0.3) is 5.91 Å². The van der Waals surface area contributed by atoms with E-state index in [0.717, 1.165) is 5.56 Å². The van der Waals surface area contributed by atoms with E-state index in [4.69, 9.17) is 4.84 Å². The van der Waals surface area contributed by atoms with Crippen molar-refractivity contribution in [3.8, 4) is 0 Å². The molecule has 0 atom stereocenters. The van der Waals surface area contributed by atoms with Gasteiger partial charge in [-0.15, -0.1) is 0 Å². The first-order valence-electron chi connectivity index (χ1n) is 7.40. The normalized spacial score (nSPS) is 10.2. The minimum Gasteiger partial charge on any atom is -0.467 e. The standard InChI is InChI=1S/C17H18FN3O4/c1-10-4-7-14(13(18)8-10)20-16-12(6-5-11(2)19-16)17(23)21-25-9-15(22)24-3/h4-8H,9H2,1-3H3,(H,19,20)(H,21,23). The number of esters is 1. The van der Waals surface area contributed by atoms with Gasteiger partial charge in [-0.1, -0.05) is 6.07 Å². The number of ether oxygens (including phenoxy) is 1. The van der Waals surface area contributed by atoms with Crippen LogP contribution in [-0.2, 0) is 14.4 Å². The fourth-order valence-electron chi connectivity index (χ4n) is 1.96. The first-order chi connectivity index (χ1) is 11.9. The molecule has 0 unspecified atom stereocenters. The van der Waals surface area contributed by atoms with E-state index in [1.807, 2.05) is 0 Å². The van der Waals surface area contributed by atoms with Gasteiger partial charge in [-0.3, -0.25) is 9.63 Å². The van der Waals surface area contributed by atoms with E-state index in [1.54, 1.807) is 32.0 Å². The molecule has 132 valence electrons. The van der Waals surface area contributed by atoms with Crippen LogP contribution in [-0.4, -0.2) is 30.6 Å². The van der Waals surface area contributed by atoms with Crippen LogP contribution < -0.4 is 10.8 Å². The van der Waals surface area contributed by atoms with Crippen molar-refractivity contribution >= 4 is 23.4 Å². The monoisotopic (exact) mass is 347 g/mol. The fraction of sp³-hybridized carbons (Fsp3) is 0.235. The number of nitrogens with zero attached hydrogens (tertiary/aromatic N) is 1. The topological polar surface area (TPSA) is 89.5 Å². The number of nitrogens with one attached hydrogen (secondary N) is 2. The Balaban J connectivity index is 2.19. The molecule has 0 aliphatic heterocycles. The van der Waals surface area contributed by atoms with Crippen molar-refractivity contribution in [1.29, 1.82) is 0 Å². The van der Waals surface area contributed by atoms with Crippen LogP contribution in [0.25, 0.3) is 0 Å². The lowest BCUT2D eigenvalue weighted by Crippen LogP contribution is -2.28. The van der Waals surface area contributed by atoms with Gasteiger partial charge in [0.05, 0.1) is 18.4 Å². The number of pyridine rings is 1. The second kappa shape index (κ2) is 8.20. The summed E-state index contributed by atoms with van der Waals surface area (Å²) in [7, 11) is 1.20. The van der Waals surface area contributed by atoms with Gasteiger partial charge >= 0.3 is 5.97 Å². The van der Waals surface area contributed by atoms with Crippen molar-refractivity contribution in [2.24, 2.45) is 0 Å². The number of methoxy groups -OCH3 is 1. The van der Waals surface area contributed by atoms with Crippen molar-refractivity contribution in [3.05, 3.63) is 53.0 Å². The molecule has 2 aromatic rings. The molecule has 7 nitrogen and oxygen atoms in total. The molecule has 0 fully saturated rings. The number of carbonyl (C=O) groups is 2. The zero-order valence-electron chi connectivity index (χ0n) is 14.1. The highest BCUT2D eigenvalue weighted by Crippen LogP contribution is 2.22. The van der Waals surface area contributed by atoms with Crippen molar-refractivity contribution in [3.63, 3.8) is 0 Å². The largest absolute Gasteiger partial charge is 0.467 e. The molecule has 2 rings (SSSR count). The summed E-state index contributed by atoms with van der Waals surface area (Å²) < 4.78 is 18.4. The molecule has 1 amide bonds. The van der Waals surface area contributed by atoms with E-state index in [1.165, 1.54) is 19.2 Å². The van der Waals surface area contributed by atoms with E-state index in [-0.39, 0.29) is 17.1 Å². The van der Waals surface area contributed by atoms with E-state index in [2.05, 4.69) is 20.5 Å². The van der Waals surface area contributed by atoms with Crippen molar-refractivity contribution in [2.75, 3.05) is 19.0 Å². The Morgan fingerprint density at radius 1 is 1.20 bits per heavy atom. The lowest BCUT2D eigenvalue weighted by molar-refractivity contribution is -0.147. The van der Waals surface area contributed by atoms with Gasteiger partial charge in [0.1, 0.15) is 11.6 Å². The molecule has 1 aromatic carbocycles. The third-order valence-electron chi connectivity index (χ3n) is 3.24. The van der Waals surface area contributed by atoms with E-state index >= 15 is 0 Å². The lowest BCUT2D eigenvalue weighted by atomic mass is 10.2. The molecular formula is C17H18FN3O4. The zero-order valence-corrected chi connectivity index (χ0v) is 14.1. The van der Waals surface area contributed by atoms with Crippen LogP contribution >= 0.6 is 0 Å². The Morgan fingerprint density at radius 2 is 1.96 bits per heavy atom. The predicted molar refractivity (Wildman–Crippen MR) is 88.8 cm³/mol. The lowest BCUT2D eigenvalue weighted by Gasteiger charge is -2.13. The van der Waals surface area contributed by atoms with Crippen LogP contribution in [0.4, 0.5) is 15.9 Å². The van der Waals surface area contributed by atoms with Gasteiger partial charge in [0, 0.05) is 5.69 Å². The number of hydrogen-bond donors (Lipinski definition) is 2. The summed E-state index contributed by atoms with van der Waals surface area (Å²) in [5.41, 5.74) is 3.86. The molecular weight excluding hydrogens is 329 g/mol. The summed E-state index contributed by atoms with van der Waals surface area (Å²) >= 11 is 0. The van der Waals surface area contributed by atoms with E-state index in [0.29, 0.717) is 5.69 Å². The van der Waals surface area contributed by atoms with Gasteiger partial charge in [0.15, 0.2) is 6.61 Å². The number of rotatable bonds is 6. The molecule has 0 aliphatic carbocycles. The number of aromatic nitrogens is 1. The molecule has 0 saturated heterocycles. The molecule has 2 N–H and O–H groups in total. The first kappa shape index (κ1) is 18.3. The summed E-state index contributed by atoms with van der Waals surface area (Å²) in [5.74, 6) is -1.56. The van der Waals surface area contributed by atoms with Crippen molar-refractivity contribution in [1.82, 2.24) is 10.5 Å².